The van der Waals surface area contributed by atoms with Crippen molar-refractivity contribution in [3.63, 3.8) is 0 Å². The Balaban J connectivity index is 1.46. The lowest BCUT2D eigenvalue weighted by Crippen LogP contribution is -2.29. The number of carbonyl (C=O) groups excluding carboxylic acids is 2. The van der Waals surface area contributed by atoms with Gasteiger partial charge in [-0.1, -0.05) is 23.7 Å². The zero-order valence-corrected chi connectivity index (χ0v) is 16.0. The fourth-order valence-electron chi connectivity index (χ4n) is 2.95. The van der Waals surface area contributed by atoms with Gasteiger partial charge in [0.1, 0.15) is 5.75 Å². The lowest BCUT2D eigenvalue weighted by Gasteiger charge is -2.15. The number of nitrogens with one attached hydrogen (secondary N) is 1. The third kappa shape index (κ3) is 5.02. The molecule has 0 aliphatic carbocycles. The fourth-order valence-corrected chi connectivity index (χ4v) is 3.19. The lowest BCUT2D eigenvalue weighted by atomic mass is 10.1. The highest BCUT2D eigenvalue weighted by Gasteiger charge is 2.19. The van der Waals surface area contributed by atoms with Crippen molar-refractivity contribution >= 4 is 23.4 Å². The number of ether oxygens (including phenoxy) is 1. The molecule has 0 atom stereocenters. The topological polar surface area (TPSA) is 82.4 Å². The zero-order chi connectivity index (χ0) is 19.9. The van der Waals surface area contributed by atoms with Crippen LogP contribution in [0.1, 0.15) is 34.3 Å². The third-order valence-electron chi connectivity index (χ3n) is 4.50. The molecule has 28 heavy (non-hydrogen) atoms. The molecule has 1 aliphatic rings. The third-order valence-corrected chi connectivity index (χ3v) is 4.80. The molecule has 0 spiro atoms. The predicted molar refractivity (Wildman–Crippen MR) is 105 cm³/mol. The van der Waals surface area contributed by atoms with Crippen molar-refractivity contribution in [2.45, 2.75) is 19.4 Å². The zero-order valence-electron chi connectivity index (χ0n) is 15.3. The number of nitriles is 1. The highest BCUT2D eigenvalue weighted by atomic mass is 35.5. The summed E-state index contributed by atoms with van der Waals surface area (Å²) in [5.74, 6) is 0.110. The first-order valence-corrected chi connectivity index (χ1v) is 9.42. The van der Waals surface area contributed by atoms with Crippen molar-refractivity contribution in [2.24, 2.45) is 0 Å². The molecular formula is C21H20ClN3O3. The summed E-state index contributed by atoms with van der Waals surface area (Å²) in [5, 5.41) is 11.9. The van der Waals surface area contributed by atoms with E-state index in [1.807, 2.05) is 23.1 Å². The maximum atomic E-state index is 12.3. The maximum Gasteiger partial charge on any atom is 0.258 e. The molecule has 0 aromatic heterocycles. The van der Waals surface area contributed by atoms with E-state index in [2.05, 4.69) is 5.32 Å². The molecule has 0 unspecified atom stereocenters. The summed E-state index contributed by atoms with van der Waals surface area (Å²) >= 11 is 6.01. The fraction of sp³-hybridized carbons (Fsp3) is 0.286. The van der Waals surface area contributed by atoms with Gasteiger partial charge in [0.05, 0.1) is 16.7 Å². The molecule has 3 rings (SSSR count). The molecule has 2 amide bonds. The molecule has 6 nitrogen and oxygen atoms in total. The molecule has 1 saturated heterocycles. The molecule has 0 bridgehead atoms. The van der Waals surface area contributed by atoms with Gasteiger partial charge in [-0.05, 0) is 48.7 Å². The Morgan fingerprint density at radius 2 is 1.86 bits per heavy atom. The van der Waals surface area contributed by atoms with Gasteiger partial charge in [-0.3, -0.25) is 9.59 Å². The lowest BCUT2D eigenvalue weighted by molar-refractivity contribution is -0.123. The molecule has 1 aliphatic heterocycles. The smallest absolute Gasteiger partial charge is 0.258 e. The minimum Gasteiger partial charge on any atom is -0.482 e. The number of likely N-dealkylation sites (tertiary alicyclic amines) is 1. The van der Waals surface area contributed by atoms with E-state index in [0.717, 1.165) is 31.5 Å². The van der Waals surface area contributed by atoms with E-state index in [1.54, 1.807) is 24.3 Å². The maximum absolute atomic E-state index is 12.3. The van der Waals surface area contributed by atoms with Gasteiger partial charge in [-0.25, -0.2) is 0 Å². The van der Waals surface area contributed by atoms with Crippen LogP contribution in [0.25, 0.3) is 0 Å². The molecule has 144 valence electrons. The molecule has 7 heteroatoms. The second-order valence-corrected chi connectivity index (χ2v) is 6.93. The molecule has 2 aromatic rings. The highest BCUT2D eigenvalue weighted by molar-refractivity contribution is 6.32. The first-order valence-electron chi connectivity index (χ1n) is 9.04. The predicted octanol–water partition coefficient (Wildman–Crippen LogP) is 3.14. The van der Waals surface area contributed by atoms with Crippen LogP contribution in [0.15, 0.2) is 42.5 Å². The first kappa shape index (κ1) is 19.7. The van der Waals surface area contributed by atoms with E-state index in [0.29, 0.717) is 23.4 Å². The van der Waals surface area contributed by atoms with Crippen molar-refractivity contribution in [2.75, 3.05) is 19.7 Å². The Hall–Kier alpha value is -3.04. The standard InChI is InChI=1S/C21H20ClN3O3/c22-18-11-16(12-23)5-8-19(18)28-14-20(26)24-13-15-3-6-17(7-4-15)21(27)25-9-1-2-10-25/h3-8,11H,1-2,9-10,13-14H2,(H,24,26). The summed E-state index contributed by atoms with van der Waals surface area (Å²) in [6.07, 6.45) is 2.12. The number of hydrogen-bond donors (Lipinski definition) is 1. The summed E-state index contributed by atoms with van der Waals surface area (Å²) in [6.45, 7) is 1.79. The minimum absolute atomic E-state index is 0.0563. The second kappa shape index (κ2) is 9.25. The quantitative estimate of drug-likeness (QED) is 0.811. The van der Waals surface area contributed by atoms with E-state index in [-0.39, 0.29) is 23.4 Å². The molecule has 0 saturated carbocycles. The van der Waals surface area contributed by atoms with Gasteiger partial charge >= 0.3 is 0 Å². The molecule has 0 radical (unpaired) electrons. The summed E-state index contributed by atoms with van der Waals surface area (Å²) in [7, 11) is 0. The minimum atomic E-state index is -0.294. The van der Waals surface area contributed by atoms with Gasteiger partial charge in [-0.15, -0.1) is 0 Å². The molecular weight excluding hydrogens is 378 g/mol. The van der Waals surface area contributed by atoms with Gasteiger partial charge in [-0.2, -0.15) is 5.26 Å². The van der Waals surface area contributed by atoms with Crippen molar-refractivity contribution in [1.29, 1.82) is 5.26 Å². The Morgan fingerprint density at radius 3 is 2.50 bits per heavy atom. The van der Waals surface area contributed by atoms with Gasteiger partial charge in [0.25, 0.3) is 11.8 Å². The van der Waals surface area contributed by atoms with E-state index in [9.17, 15) is 9.59 Å². The Morgan fingerprint density at radius 1 is 1.14 bits per heavy atom. The van der Waals surface area contributed by atoms with Crippen molar-refractivity contribution < 1.29 is 14.3 Å². The van der Waals surface area contributed by atoms with Crippen LogP contribution in [0.2, 0.25) is 5.02 Å². The Kier molecular flexibility index (Phi) is 6.51. The summed E-state index contributed by atoms with van der Waals surface area (Å²) in [4.78, 5) is 26.2. The molecule has 1 N–H and O–H groups in total. The average Bonchev–Trinajstić information content (AvgIpc) is 3.26. The Bertz CT molecular complexity index is 900. The van der Waals surface area contributed by atoms with Crippen LogP contribution in [0, 0.1) is 11.3 Å². The van der Waals surface area contributed by atoms with Gasteiger partial charge in [0, 0.05) is 25.2 Å². The number of rotatable bonds is 6. The molecule has 1 fully saturated rings. The summed E-state index contributed by atoms with van der Waals surface area (Å²) in [6, 6.07) is 13.8. The molecule has 1 heterocycles. The van der Waals surface area contributed by atoms with E-state index in [4.69, 9.17) is 21.6 Å². The SMILES string of the molecule is N#Cc1ccc(OCC(=O)NCc2ccc(C(=O)N3CCCC3)cc2)c(Cl)c1. The van der Waals surface area contributed by atoms with Crippen LogP contribution in [-0.4, -0.2) is 36.4 Å². The number of nitrogens with zero attached hydrogens (tertiary/aromatic N) is 2. The summed E-state index contributed by atoms with van der Waals surface area (Å²) < 4.78 is 5.39. The largest absolute Gasteiger partial charge is 0.482 e. The highest BCUT2D eigenvalue weighted by Crippen LogP contribution is 2.25. The van der Waals surface area contributed by atoms with Crippen LogP contribution in [0.5, 0.6) is 5.75 Å². The number of hydrogen-bond acceptors (Lipinski definition) is 4. The number of amides is 2. The van der Waals surface area contributed by atoms with E-state index >= 15 is 0 Å². The van der Waals surface area contributed by atoms with Crippen LogP contribution >= 0.6 is 11.6 Å². The van der Waals surface area contributed by atoms with Crippen LogP contribution < -0.4 is 10.1 Å². The number of benzene rings is 2. The van der Waals surface area contributed by atoms with Gasteiger partial charge in [0.15, 0.2) is 6.61 Å². The Labute approximate surface area is 168 Å². The van der Waals surface area contributed by atoms with Gasteiger partial charge in [0.2, 0.25) is 0 Å². The van der Waals surface area contributed by atoms with Crippen molar-refractivity contribution in [3.05, 3.63) is 64.2 Å². The number of halogens is 1. The van der Waals surface area contributed by atoms with Crippen molar-refractivity contribution in [1.82, 2.24) is 10.2 Å². The summed E-state index contributed by atoms with van der Waals surface area (Å²) in [5.41, 5.74) is 1.98. The second-order valence-electron chi connectivity index (χ2n) is 6.52. The average molecular weight is 398 g/mol. The van der Waals surface area contributed by atoms with E-state index in [1.165, 1.54) is 6.07 Å². The molecule has 2 aromatic carbocycles. The van der Waals surface area contributed by atoms with Gasteiger partial charge < -0.3 is 15.0 Å². The van der Waals surface area contributed by atoms with Crippen LogP contribution in [-0.2, 0) is 11.3 Å². The van der Waals surface area contributed by atoms with E-state index < -0.39 is 0 Å². The normalized spacial score (nSPS) is 13.1. The van der Waals surface area contributed by atoms with Crippen LogP contribution in [0.3, 0.4) is 0 Å². The first-order chi connectivity index (χ1) is 13.6. The monoisotopic (exact) mass is 397 g/mol. The van der Waals surface area contributed by atoms with Crippen LogP contribution in [0.4, 0.5) is 0 Å². The number of carbonyl (C=O) groups is 2. The van der Waals surface area contributed by atoms with Crippen molar-refractivity contribution in [3.8, 4) is 11.8 Å².